The third-order valence-corrected chi connectivity index (χ3v) is 2.81. The Kier molecular flexibility index (Phi) is 5.96. The summed E-state index contributed by atoms with van der Waals surface area (Å²) in [5.74, 6) is -1.60. The summed E-state index contributed by atoms with van der Waals surface area (Å²) in [6.45, 7) is 3.73. The predicted molar refractivity (Wildman–Crippen MR) is 72.9 cm³/mol. The SMILES string of the molecule is CC(C)[C@H](NC(=O)NCCc1cccc(F)c1)C(=O)O. The molecule has 0 heterocycles. The molecule has 20 heavy (non-hydrogen) atoms. The fourth-order valence-electron chi connectivity index (χ4n) is 1.72. The Morgan fingerprint density at radius 1 is 1.35 bits per heavy atom. The first-order chi connectivity index (χ1) is 9.40. The van der Waals surface area contributed by atoms with E-state index >= 15 is 0 Å². The third-order valence-electron chi connectivity index (χ3n) is 2.81. The predicted octanol–water partition coefficient (Wildman–Crippen LogP) is 1.78. The maximum absolute atomic E-state index is 12.9. The molecule has 5 nitrogen and oxygen atoms in total. The van der Waals surface area contributed by atoms with E-state index in [9.17, 15) is 14.0 Å². The van der Waals surface area contributed by atoms with Gasteiger partial charge in [0.2, 0.25) is 0 Å². The van der Waals surface area contributed by atoms with Gasteiger partial charge in [-0.2, -0.15) is 0 Å². The van der Waals surface area contributed by atoms with E-state index in [2.05, 4.69) is 10.6 Å². The molecule has 0 aliphatic rings. The van der Waals surface area contributed by atoms with Crippen molar-refractivity contribution in [2.24, 2.45) is 5.92 Å². The highest BCUT2D eigenvalue weighted by atomic mass is 19.1. The van der Waals surface area contributed by atoms with Crippen molar-refractivity contribution in [2.75, 3.05) is 6.54 Å². The topological polar surface area (TPSA) is 78.4 Å². The molecule has 0 radical (unpaired) electrons. The molecule has 1 atom stereocenters. The Hall–Kier alpha value is -2.11. The molecule has 1 rings (SSSR count). The zero-order chi connectivity index (χ0) is 15.1. The van der Waals surface area contributed by atoms with Crippen LogP contribution in [0.4, 0.5) is 9.18 Å². The number of rotatable bonds is 6. The van der Waals surface area contributed by atoms with E-state index < -0.39 is 18.0 Å². The van der Waals surface area contributed by atoms with E-state index in [1.165, 1.54) is 12.1 Å². The van der Waals surface area contributed by atoms with Crippen LogP contribution in [0.25, 0.3) is 0 Å². The average molecular weight is 282 g/mol. The first-order valence-corrected chi connectivity index (χ1v) is 6.41. The van der Waals surface area contributed by atoms with Crippen LogP contribution in [0.2, 0.25) is 0 Å². The monoisotopic (exact) mass is 282 g/mol. The van der Waals surface area contributed by atoms with E-state index in [0.29, 0.717) is 13.0 Å². The molecule has 0 unspecified atom stereocenters. The summed E-state index contributed by atoms with van der Waals surface area (Å²) in [5, 5.41) is 13.9. The van der Waals surface area contributed by atoms with Crippen molar-refractivity contribution in [2.45, 2.75) is 26.3 Å². The fourth-order valence-corrected chi connectivity index (χ4v) is 1.72. The minimum atomic E-state index is -1.07. The molecule has 0 aliphatic heterocycles. The van der Waals surface area contributed by atoms with Gasteiger partial charge in [-0.05, 0) is 30.0 Å². The quantitative estimate of drug-likeness (QED) is 0.744. The van der Waals surface area contributed by atoms with Gasteiger partial charge in [-0.3, -0.25) is 0 Å². The summed E-state index contributed by atoms with van der Waals surface area (Å²) >= 11 is 0. The van der Waals surface area contributed by atoms with Crippen molar-refractivity contribution in [1.82, 2.24) is 10.6 Å². The lowest BCUT2D eigenvalue weighted by Gasteiger charge is -2.18. The largest absolute Gasteiger partial charge is 0.480 e. The molecule has 6 heteroatoms. The van der Waals surface area contributed by atoms with Gasteiger partial charge >= 0.3 is 12.0 Å². The van der Waals surface area contributed by atoms with Gasteiger partial charge in [-0.25, -0.2) is 14.0 Å². The molecule has 0 saturated carbocycles. The number of halogens is 1. The number of amides is 2. The number of carbonyl (C=O) groups is 2. The van der Waals surface area contributed by atoms with Crippen LogP contribution < -0.4 is 10.6 Å². The molecule has 0 fully saturated rings. The summed E-state index contributed by atoms with van der Waals surface area (Å²) < 4.78 is 12.9. The number of hydrogen-bond acceptors (Lipinski definition) is 2. The molecule has 3 N–H and O–H groups in total. The van der Waals surface area contributed by atoms with Crippen LogP contribution in [0.15, 0.2) is 24.3 Å². The minimum absolute atomic E-state index is 0.207. The maximum atomic E-state index is 12.9. The van der Waals surface area contributed by atoms with Crippen LogP contribution >= 0.6 is 0 Å². The lowest BCUT2D eigenvalue weighted by Crippen LogP contribution is -2.48. The Morgan fingerprint density at radius 2 is 2.05 bits per heavy atom. The van der Waals surface area contributed by atoms with Crippen LogP contribution in [0, 0.1) is 11.7 Å². The zero-order valence-corrected chi connectivity index (χ0v) is 11.5. The zero-order valence-electron chi connectivity index (χ0n) is 11.5. The van der Waals surface area contributed by atoms with Crippen LogP contribution in [0.5, 0.6) is 0 Å². The molecule has 0 aromatic heterocycles. The number of benzene rings is 1. The van der Waals surface area contributed by atoms with Crippen molar-refractivity contribution in [3.05, 3.63) is 35.6 Å². The van der Waals surface area contributed by atoms with Gasteiger partial charge in [0.15, 0.2) is 0 Å². The van der Waals surface area contributed by atoms with E-state index in [-0.39, 0.29) is 11.7 Å². The van der Waals surface area contributed by atoms with Gasteiger partial charge in [0.05, 0.1) is 0 Å². The second-order valence-corrected chi connectivity index (χ2v) is 4.84. The molecule has 2 amide bonds. The molecule has 0 bridgehead atoms. The first-order valence-electron chi connectivity index (χ1n) is 6.41. The smallest absolute Gasteiger partial charge is 0.326 e. The maximum Gasteiger partial charge on any atom is 0.326 e. The Bertz CT molecular complexity index is 477. The fraction of sp³-hybridized carbons (Fsp3) is 0.429. The number of carboxylic acids is 1. The van der Waals surface area contributed by atoms with Gasteiger partial charge < -0.3 is 15.7 Å². The van der Waals surface area contributed by atoms with Gasteiger partial charge in [-0.15, -0.1) is 0 Å². The molecule has 1 aromatic rings. The number of hydrogen-bond donors (Lipinski definition) is 3. The summed E-state index contributed by atoms with van der Waals surface area (Å²) in [7, 11) is 0. The molecule has 0 saturated heterocycles. The molecule has 110 valence electrons. The molecular formula is C14H19FN2O3. The average Bonchev–Trinajstić information content (AvgIpc) is 2.35. The Balaban J connectivity index is 2.38. The van der Waals surface area contributed by atoms with E-state index in [0.717, 1.165) is 5.56 Å². The number of aliphatic carboxylic acids is 1. The van der Waals surface area contributed by atoms with Crippen LogP contribution in [0.3, 0.4) is 0 Å². The second-order valence-electron chi connectivity index (χ2n) is 4.84. The summed E-state index contributed by atoms with van der Waals surface area (Å²) in [6, 6.07) is 4.64. The number of nitrogens with one attached hydrogen (secondary N) is 2. The summed E-state index contributed by atoms with van der Waals surface area (Å²) in [4.78, 5) is 22.5. The Morgan fingerprint density at radius 3 is 2.60 bits per heavy atom. The minimum Gasteiger partial charge on any atom is -0.480 e. The number of carboxylic acid groups (broad SMARTS) is 1. The standard InChI is InChI=1S/C14H19FN2O3/c1-9(2)12(13(18)19)17-14(20)16-7-6-10-4-3-5-11(15)8-10/h3-5,8-9,12H,6-7H2,1-2H3,(H,18,19)(H2,16,17,20)/t12-/m0/s1. The van der Waals surface area contributed by atoms with Crippen LogP contribution in [-0.2, 0) is 11.2 Å². The lowest BCUT2D eigenvalue weighted by atomic mass is 10.1. The van der Waals surface area contributed by atoms with Gasteiger partial charge in [-0.1, -0.05) is 26.0 Å². The van der Waals surface area contributed by atoms with E-state index in [1.807, 2.05) is 0 Å². The van der Waals surface area contributed by atoms with E-state index in [4.69, 9.17) is 5.11 Å². The lowest BCUT2D eigenvalue weighted by molar-refractivity contribution is -0.140. The number of carbonyl (C=O) groups excluding carboxylic acids is 1. The number of urea groups is 1. The first kappa shape index (κ1) is 15.9. The molecular weight excluding hydrogens is 263 g/mol. The van der Waals surface area contributed by atoms with E-state index in [1.54, 1.807) is 26.0 Å². The second kappa shape index (κ2) is 7.47. The van der Waals surface area contributed by atoms with Gasteiger partial charge in [0.25, 0.3) is 0 Å². The normalized spacial score (nSPS) is 12.0. The molecule has 0 aliphatic carbocycles. The summed E-state index contributed by atoms with van der Waals surface area (Å²) in [6.07, 6.45) is 0.477. The van der Waals surface area contributed by atoms with Crippen molar-refractivity contribution in [3.8, 4) is 0 Å². The third kappa shape index (κ3) is 5.26. The van der Waals surface area contributed by atoms with Crippen LogP contribution in [0.1, 0.15) is 19.4 Å². The molecule has 1 aromatic carbocycles. The van der Waals surface area contributed by atoms with Crippen LogP contribution in [-0.4, -0.2) is 29.7 Å². The van der Waals surface area contributed by atoms with Crippen molar-refractivity contribution in [3.63, 3.8) is 0 Å². The van der Waals surface area contributed by atoms with Crippen molar-refractivity contribution in [1.29, 1.82) is 0 Å². The Labute approximate surface area is 117 Å². The van der Waals surface area contributed by atoms with Gasteiger partial charge in [0, 0.05) is 6.54 Å². The highest BCUT2D eigenvalue weighted by Crippen LogP contribution is 2.04. The van der Waals surface area contributed by atoms with Crippen molar-refractivity contribution < 1.29 is 19.1 Å². The highest BCUT2D eigenvalue weighted by Gasteiger charge is 2.22. The highest BCUT2D eigenvalue weighted by molar-refractivity contribution is 5.82. The van der Waals surface area contributed by atoms with Gasteiger partial charge in [0.1, 0.15) is 11.9 Å². The van der Waals surface area contributed by atoms with Crippen molar-refractivity contribution >= 4 is 12.0 Å². The summed E-state index contributed by atoms with van der Waals surface area (Å²) in [5.41, 5.74) is 0.768. The molecule has 0 spiro atoms.